The number of nitrogens with one attached hydrogen (secondary N) is 1. The van der Waals surface area contributed by atoms with Gasteiger partial charge in [-0.3, -0.25) is 4.79 Å². The minimum atomic E-state index is -0.618. The van der Waals surface area contributed by atoms with Gasteiger partial charge in [-0.1, -0.05) is 30.1 Å². The smallest absolute Gasteiger partial charge is 0.338 e. The summed E-state index contributed by atoms with van der Waals surface area (Å²) in [5.41, 5.74) is -0.0745. The van der Waals surface area contributed by atoms with E-state index >= 15 is 0 Å². The molecule has 1 aromatic rings. The molecular formula is C14H17Cl2NO3. The first-order chi connectivity index (χ1) is 9.25. The molecule has 0 aliphatic carbocycles. The Labute approximate surface area is 128 Å². The minimum Gasteiger partial charge on any atom is -0.452 e. The second kappa shape index (κ2) is 6.95. The van der Waals surface area contributed by atoms with E-state index < -0.39 is 5.97 Å². The number of hydrogen-bond acceptors (Lipinski definition) is 3. The van der Waals surface area contributed by atoms with Crippen LogP contribution in [0.3, 0.4) is 0 Å². The molecule has 1 N–H and O–H groups in total. The highest BCUT2D eigenvalue weighted by molar-refractivity contribution is 6.42. The molecule has 0 unspecified atom stereocenters. The minimum absolute atomic E-state index is 0.252. The zero-order chi connectivity index (χ0) is 15.3. The molecule has 0 saturated carbocycles. The standard InChI is InChI=1S/C14H17Cl2NO3/c1-4-14(2,3)17-12(18)8-20-13(19)9-5-6-10(15)11(16)7-9/h5-7H,4,8H2,1-3H3,(H,17,18). The Bertz CT molecular complexity index is 515. The molecule has 0 aliphatic heterocycles. The summed E-state index contributed by atoms with van der Waals surface area (Å²) in [6.45, 7) is 5.42. The predicted molar refractivity (Wildman–Crippen MR) is 79.3 cm³/mol. The van der Waals surface area contributed by atoms with Gasteiger partial charge in [-0.2, -0.15) is 0 Å². The fourth-order valence-corrected chi connectivity index (χ4v) is 1.64. The average Bonchev–Trinajstić information content (AvgIpc) is 2.38. The van der Waals surface area contributed by atoms with E-state index in [0.29, 0.717) is 5.02 Å². The molecule has 0 fully saturated rings. The van der Waals surface area contributed by atoms with Crippen molar-refractivity contribution in [2.45, 2.75) is 32.7 Å². The van der Waals surface area contributed by atoms with Gasteiger partial charge in [-0.25, -0.2) is 4.79 Å². The van der Waals surface area contributed by atoms with Gasteiger partial charge in [0.05, 0.1) is 15.6 Å². The fraction of sp³-hybridized carbons (Fsp3) is 0.429. The summed E-state index contributed by atoms with van der Waals surface area (Å²) < 4.78 is 4.92. The molecule has 0 aromatic heterocycles. The van der Waals surface area contributed by atoms with E-state index in [1.807, 2.05) is 20.8 Å². The molecule has 1 amide bonds. The van der Waals surface area contributed by atoms with Gasteiger partial charge in [0, 0.05) is 5.54 Å². The van der Waals surface area contributed by atoms with Crippen molar-refractivity contribution in [3.8, 4) is 0 Å². The molecule has 0 heterocycles. The Balaban J connectivity index is 2.55. The van der Waals surface area contributed by atoms with Crippen molar-refractivity contribution in [1.82, 2.24) is 5.32 Å². The normalized spacial score (nSPS) is 11.1. The Kier molecular flexibility index (Phi) is 5.84. The fourth-order valence-electron chi connectivity index (χ4n) is 1.34. The number of ether oxygens (including phenoxy) is 1. The zero-order valence-corrected chi connectivity index (χ0v) is 13.1. The van der Waals surface area contributed by atoms with Crippen molar-refractivity contribution in [2.75, 3.05) is 6.61 Å². The summed E-state index contributed by atoms with van der Waals surface area (Å²) in [7, 11) is 0. The Morgan fingerprint density at radius 3 is 2.45 bits per heavy atom. The van der Waals surface area contributed by atoms with Crippen LogP contribution in [0.1, 0.15) is 37.6 Å². The van der Waals surface area contributed by atoms with E-state index in [1.54, 1.807) is 0 Å². The number of rotatable bonds is 5. The van der Waals surface area contributed by atoms with Crippen molar-refractivity contribution < 1.29 is 14.3 Å². The number of hydrogen-bond donors (Lipinski definition) is 1. The number of halogens is 2. The Morgan fingerprint density at radius 1 is 1.25 bits per heavy atom. The Morgan fingerprint density at radius 2 is 1.90 bits per heavy atom. The molecule has 0 spiro atoms. The lowest BCUT2D eigenvalue weighted by molar-refractivity contribution is -0.125. The van der Waals surface area contributed by atoms with Crippen LogP contribution in [0.2, 0.25) is 10.0 Å². The lowest BCUT2D eigenvalue weighted by Gasteiger charge is -2.24. The summed E-state index contributed by atoms with van der Waals surface area (Å²) in [6.07, 6.45) is 0.777. The van der Waals surface area contributed by atoms with Crippen LogP contribution in [-0.4, -0.2) is 24.0 Å². The first-order valence-corrected chi connectivity index (χ1v) is 6.94. The first kappa shape index (κ1) is 16.8. The maximum absolute atomic E-state index is 11.7. The summed E-state index contributed by atoms with van der Waals surface area (Å²) in [5.74, 6) is -0.960. The number of benzene rings is 1. The van der Waals surface area contributed by atoms with E-state index in [2.05, 4.69) is 5.32 Å². The summed E-state index contributed by atoms with van der Waals surface area (Å²) in [5, 5.41) is 3.38. The molecule has 1 aromatic carbocycles. The van der Waals surface area contributed by atoms with Crippen LogP contribution in [-0.2, 0) is 9.53 Å². The molecule has 0 aliphatic rings. The van der Waals surface area contributed by atoms with E-state index in [1.165, 1.54) is 18.2 Å². The molecule has 1 rings (SSSR count). The topological polar surface area (TPSA) is 55.4 Å². The van der Waals surface area contributed by atoms with Crippen molar-refractivity contribution in [1.29, 1.82) is 0 Å². The van der Waals surface area contributed by atoms with Crippen molar-refractivity contribution in [3.05, 3.63) is 33.8 Å². The van der Waals surface area contributed by atoms with Crippen LogP contribution in [0.5, 0.6) is 0 Å². The van der Waals surface area contributed by atoms with Crippen LogP contribution in [0, 0.1) is 0 Å². The monoisotopic (exact) mass is 317 g/mol. The van der Waals surface area contributed by atoms with Gasteiger partial charge in [0.25, 0.3) is 5.91 Å². The zero-order valence-electron chi connectivity index (χ0n) is 11.6. The van der Waals surface area contributed by atoms with Crippen LogP contribution < -0.4 is 5.32 Å². The third kappa shape index (κ3) is 5.02. The van der Waals surface area contributed by atoms with Crippen LogP contribution in [0.25, 0.3) is 0 Å². The highest BCUT2D eigenvalue weighted by atomic mass is 35.5. The molecular weight excluding hydrogens is 301 g/mol. The number of amides is 1. The second-order valence-corrected chi connectivity index (χ2v) is 5.81. The molecule has 0 saturated heterocycles. The summed E-state index contributed by atoms with van der Waals surface area (Å²) >= 11 is 11.6. The second-order valence-electron chi connectivity index (χ2n) is 4.99. The quantitative estimate of drug-likeness (QED) is 0.846. The third-order valence-electron chi connectivity index (χ3n) is 2.85. The highest BCUT2D eigenvalue weighted by Gasteiger charge is 2.19. The van der Waals surface area contributed by atoms with E-state index in [-0.39, 0.29) is 28.6 Å². The van der Waals surface area contributed by atoms with Crippen molar-refractivity contribution in [2.24, 2.45) is 0 Å². The predicted octanol–water partition coefficient (Wildman–Crippen LogP) is 3.46. The maximum atomic E-state index is 11.7. The van der Waals surface area contributed by atoms with Crippen LogP contribution >= 0.6 is 23.2 Å². The molecule has 0 bridgehead atoms. The third-order valence-corrected chi connectivity index (χ3v) is 3.59. The van der Waals surface area contributed by atoms with E-state index in [4.69, 9.17) is 27.9 Å². The summed E-state index contributed by atoms with van der Waals surface area (Å²) in [6, 6.07) is 4.39. The molecule has 4 nitrogen and oxygen atoms in total. The van der Waals surface area contributed by atoms with Crippen LogP contribution in [0.15, 0.2) is 18.2 Å². The highest BCUT2D eigenvalue weighted by Crippen LogP contribution is 2.22. The van der Waals surface area contributed by atoms with E-state index in [9.17, 15) is 9.59 Å². The molecule has 6 heteroatoms. The summed E-state index contributed by atoms with van der Waals surface area (Å²) in [4.78, 5) is 23.4. The number of esters is 1. The van der Waals surface area contributed by atoms with Gasteiger partial charge in [0.15, 0.2) is 6.61 Å². The van der Waals surface area contributed by atoms with Crippen molar-refractivity contribution >= 4 is 35.1 Å². The maximum Gasteiger partial charge on any atom is 0.338 e. The van der Waals surface area contributed by atoms with Gasteiger partial charge in [-0.15, -0.1) is 0 Å². The molecule has 110 valence electrons. The lowest BCUT2D eigenvalue weighted by atomic mass is 10.0. The lowest BCUT2D eigenvalue weighted by Crippen LogP contribution is -2.44. The molecule has 20 heavy (non-hydrogen) atoms. The number of carbonyl (C=O) groups excluding carboxylic acids is 2. The van der Waals surface area contributed by atoms with Gasteiger partial charge >= 0.3 is 5.97 Å². The molecule has 0 atom stereocenters. The van der Waals surface area contributed by atoms with Gasteiger partial charge in [0.1, 0.15) is 0 Å². The van der Waals surface area contributed by atoms with Gasteiger partial charge in [0.2, 0.25) is 0 Å². The average molecular weight is 318 g/mol. The SMILES string of the molecule is CCC(C)(C)NC(=O)COC(=O)c1ccc(Cl)c(Cl)c1. The molecule has 0 radical (unpaired) electrons. The number of carbonyl (C=O) groups is 2. The van der Waals surface area contributed by atoms with E-state index in [0.717, 1.165) is 6.42 Å². The first-order valence-electron chi connectivity index (χ1n) is 6.18. The van der Waals surface area contributed by atoms with Gasteiger partial charge < -0.3 is 10.1 Å². The Hall–Kier alpha value is -1.26. The van der Waals surface area contributed by atoms with Gasteiger partial charge in [-0.05, 0) is 38.5 Å². The largest absolute Gasteiger partial charge is 0.452 e. The van der Waals surface area contributed by atoms with Crippen molar-refractivity contribution in [3.63, 3.8) is 0 Å². The van der Waals surface area contributed by atoms with Crippen LogP contribution in [0.4, 0.5) is 0 Å².